The standard InChI is InChI=1S/C16H16BrNO/c1-10-6-7-11(13(17)8-10)16-9-14(18)12-4-2-3-5-15(12)19-16/h2-8,14,16H,9,18H2,1H3/t14-,16?/m0/s1. The van der Waals surface area contributed by atoms with Crippen molar-refractivity contribution in [2.45, 2.75) is 25.5 Å². The van der Waals surface area contributed by atoms with Crippen molar-refractivity contribution in [3.8, 4) is 5.75 Å². The van der Waals surface area contributed by atoms with Gasteiger partial charge < -0.3 is 10.5 Å². The van der Waals surface area contributed by atoms with Crippen LogP contribution in [0.2, 0.25) is 0 Å². The summed E-state index contributed by atoms with van der Waals surface area (Å²) in [7, 11) is 0. The maximum atomic E-state index is 6.26. The summed E-state index contributed by atoms with van der Waals surface area (Å²) >= 11 is 3.62. The van der Waals surface area contributed by atoms with Crippen molar-refractivity contribution in [3.05, 3.63) is 63.6 Å². The highest BCUT2D eigenvalue weighted by Gasteiger charge is 2.27. The Bertz CT molecular complexity index is 611. The molecular formula is C16H16BrNO. The Morgan fingerprint density at radius 1 is 1.16 bits per heavy atom. The predicted octanol–water partition coefficient (Wildman–Crippen LogP) is 4.28. The number of nitrogens with two attached hydrogens (primary N) is 1. The third-order valence-electron chi connectivity index (χ3n) is 3.56. The van der Waals surface area contributed by atoms with Crippen LogP contribution in [0.1, 0.15) is 35.3 Å². The molecule has 2 nitrogen and oxygen atoms in total. The van der Waals surface area contributed by atoms with E-state index in [1.54, 1.807) is 0 Å². The van der Waals surface area contributed by atoms with Crippen molar-refractivity contribution in [1.29, 1.82) is 0 Å². The molecular weight excluding hydrogens is 302 g/mol. The molecule has 0 saturated carbocycles. The molecule has 3 heteroatoms. The highest BCUT2D eigenvalue weighted by Crippen LogP contribution is 2.41. The van der Waals surface area contributed by atoms with Crippen LogP contribution < -0.4 is 10.5 Å². The van der Waals surface area contributed by atoms with E-state index in [2.05, 4.69) is 41.1 Å². The second-order valence-electron chi connectivity index (χ2n) is 5.01. The highest BCUT2D eigenvalue weighted by molar-refractivity contribution is 9.10. The van der Waals surface area contributed by atoms with Gasteiger partial charge in [-0.15, -0.1) is 0 Å². The van der Waals surface area contributed by atoms with Crippen LogP contribution in [0, 0.1) is 6.92 Å². The van der Waals surface area contributed by atoms with Gasteiger partial charge in [-0.2, -0.15) is 0 Å². The fraction of sp³-hybridized carbons (Fsp3) is 0.250. The Kier molecular flexibility index (Phi) is 3.33. The Morgan fingerprint density at radius 2 is 1.95 bits per heavy atom. The maximum absolute atomic E-state index is 6.26. The molecule has 1 unspecified atom stereocenters. The number of aryl methyl sites for hydroxylation is 1. The zero-order valence-electron chi connectivity index (χ0n) is 10.8. The van der Waals surface area contributed by atoms with E-state index >= 15 is 0 Å². The first kappa shape index (κ1) is 12.7. The summed E-state index contributed by atoms with van der Waals surface area (Å²) < 4.78 is 7.19. The van der Waals surface area contributed by atoms with Gasteiger partial charge in [-0.3, -0.25) is 0 Å². The van der Waals surface area contributed by atoms with E-state index in [1.807, 2.05) is 24.3 Å². The van der Waals surface area contributed by atoms with Crippen LogP contribution in [0.25, 0.3) is 0 Å². The molecule has 2 aromatic rings. The van der Waals surface area contributed by atoms with Gasteiger partial charge in [0.25, 0.3) is 0 Å². The molecule has 1 heterocycles. The van der Waals surface area contributed by atoms with Crippen LogP contribution in [0.15, 0.2) is 46.9 Å². The number of para-hydroxylation sites is 1. The smallest absolute Gasteiger partial charge is 0.127 e. The second kappa shape index (κ2) is 4.99. The number of benzene rings is 2. The fourth-order valence-corrected chi connectivity index (χ4v) is 3.29. The summed E-state index contributed by atoms with van der Waals surface area (Å²) in [6, 6.07) is 14.4. The molecule has 98 valence electrons. The Labute approximate surface area is 121 Å². The lowest BCUT2D eigenvalue weighted by Gasteiger charge is -2.31. The topological polar surface area (TPSA) is 35.2 Å². The minimum Gasteiger partial charge on any atom is -0.485 e. The van der Waals surface area contributed by atoms with Crippen molar-refractivity contribution in [1.82, 2.24) is 0 Å². The van der Waals surface area contributed by atoms with Gasteiger partial charge >= 0.3 is 0 Å². The van der Waals surface area contributed by atoms with E-state index in [9.17, 15) is 0 Å². The van der Waals surface area contributed by atoms with Crippen LogP contribution in [0.4, 0.5) is 0 Å². The van der Waals surface area contributed by atoms with Crippen molar-refractivity contribution in [3.63, 3.8) is 0 Å². The van der Waals surface area contributed by atoms with E-state index in [-0.39, 0.29) is 12.1 Å². The highest BCUT2D eigenvalue weighted by atomic mass is 79.9. The lowest BCUT2D eigenvalue weighted by molar-refractivity contribution is 0.161. The summed E-state index contributed by atoms with van der Waals surface area (Å²) in [5.41, 5.74) is 9.75. The molecule has 0 aromatic heterocycles. The fourth-order valence-electron chi connectivity index (χ4n) is 2.54. The lowest BCUT2D eigenvalue weighted by atomic mass is 9.93. The summed E-state index contributed by atoms with van der Waals surface area (Å²) in [6.07, 6.45) is 0.818. The first-order valence-electron chi connectivity index (χ1n) is 6.42. The minimum absolute atomic E-state index is 0.0138. The summed E-state index contributed by atoms with van der Waals surface area (Å²) in [4.78, 5) is 0. The minimum atomic E-state index is 0.0138. The van der Waals surface area contributed by atoms with E-state index in [4.69, 9.17) is 10.5 Å². The van der Waals surface area contributed by atoms with Gasteiger partial charge in [0.15, 0.2) is 0 Å². The molecule has 0 spiro atoms. The van der Waals surface area contributed by atoms with Crippen LogP contribution in [0.3, 0.4) is 0 Å². The third kappa shape index (κ3) is 2.40. The first-order chi connectivity index (χ1) is 9.15. The van der Waals surface area contributed by atoms with Gasteiger partial charge in [0.2, 0.25) is 0 Å². The summed E-state index contributed by atoms with van der Waals surface area (Å²) in [6.45, 7) is 2.08. The number of fused-ring (bicyclic) bond motifs is 1. The van der Waals surface area contributed by atoms with Gasteiger partial charge in [-0.05, 0) is 24.6 Å². The van der Waals surface area contributed by atoms with Crippen molar-refractivity contribution in [2.24, 2.45) is 5.73 Å². The normalized spacial score (nSPS) is 21.6. The van der Waals surface area contributed by atoms with Crippen LogP contribution >= 0.6 is 15.9 Å². The molecule has 2 aromatic carbocycles. The number of hydrogen-bond acceptors (Lipinski definition) is 2. The average molecular weight is 318 g/mol. The Hall–Kier alpha value is -1.32. The lowest BCUT2D eigenvalue weighted by Crippen LogP contribution is -2.24. The number of ether oxygens (including phenoxy) is 1. The molecule has 2 N–H and O–H groups in total. The molecule has 1 aliphatic rings. The first-order valence-corrected chi connectivity index (χ1v) is 7.21. The number of halogens is 1. The number of hydrogen-bond donors (Lipinski definition) is 1. The van der Waals surface area contributed by atoms with E-state index < -0.39 is 0 Å². The maximum Gasteiger partial charge on any atom is 0.127 e. The zero-order valence-corrected chi connectivity index (χ0v) is 12.4. The predicted molar refractivity (Wildman–Crippen MR) is 80.2 cm³/mol. The molecule has 1 aliphatic heterocycles. The average Bonchev–Trinajstić information content (AvgIpc) is 2.38. The van der Waals surface area contributed by atoms with E-state index in [0.717, 1.165) is 27.8 Å². The Morgan fingerprint density at radius 3 is 2.74 bits per heavy atom. The van der Waals surface area contributed by atoms with Crippen molar-refractivity contribution >= 4 is 15.9 Å². The monoisotopic (exact) mass is 317 g/mol. The van der Waals surface area contributed by atoms with Gasteiger partial charge in [-0.1, -0.05) is 46.3 Å². The second-order valence-corrected chi connectivity index (χ2v) is 5.87. The number of rotatable bonds is 1. The zero-order chi connectivity index (χ0) is 13.4. The molecule has 3 rings (SSSR count). The Balaban J connectivity index is 1.97. The van der Waals surface area contributed by atoms with Crippen LogP contribution in [-0.4, -0.2) is 0 Å². The largest absolute Gasteiger partial charge is 0.485 e. The van der Waals surface area contributed by atoms with Crippen molar-refractivity contribution < 1.29 is 4.74 Å². The van der Waals surface area contributed by atoms with Gasteiger partial charge in [0, 0.05) is 28.1 Å². The summed E-state index contributed by atoms with van der Waals surface area (Å²) in [5, 5.41) is 0. The molecule has 2 atom stereocenters. The van der Waals surface area contributed by atoms with E-state index in [1.165, 1.54) is 5.56 Å². The molecule has 0 saturated heterocycles. The SMILES string of the molecule is Cc1ccc(C2C[C@H](N)c3ccccc3O2)c(Br)c1. The molecule has 19 heavy (non-hydrogen) atoms. The van der Waals surface area contributed by atoms with Crippen LogP contribution in [-0.2, 0) is 0 Å². The molecule has 0 amide bonds. The molecule has 0 fully saturated rings. The molecule has 0 radical (unpaired) electrons. The quantitative estimate of drug-likeness (QED) is 0.852. The summed E-state index contributed by atoms with van der Waals surface area (Å²) in [5.74, 6) is 0.902. The molecule has 0 bridgehead atoms. The van der Waals surface area contributed by atoms with Crippen molar-refractivity contribution in [2.75, 3.05) is 0 Å². The van der Waals surface area contributed by atoms with Crippen LogP contribution in [0.5, 0.6) is 5.75 Å². The van der Waals surface area contributed by atoms with E-state index in [0.29, 0.717) is 0 Å². The van der Waals surface area contributed by atoms with Gasteiger partial charge in [-0.25, -0.2) is 0 Å². The van der Waals surface area contributed by atoms with Gasteiger partial charge in [0.05, 0.1) is 0 Å². The third-order valence-corrected chi connectivity index (χ3v) is 4.25. The molecule has 0 aliphatic carbocycles. The van der Waals surface area contributed by atoms with Gasteiger partial charge in [0.1, 0.15) is 11.9 Å².